The Labute approximate surface area is 106 Å². The molecule has 0 spiro atoms. The van der Waals surface area contributed by atoms with E-state index in [0.29, 0.717) is 5.56 Å². The molecular weight excluding hydrogens is 226 g/mol. The molecule has 0 amide bonds. The lowest BCUT2D eigenvalue weighted by molar-refractivity contribution is 0.101. The molecule has 0 unspecified atom stereocenters. The van der Waals surface area contributed by atoms with Gasteiger partial charge in [-0.25, -0.2) is 0 Å². The Hall–Kier alpha value is -2.29. The number of aromatic nitrogens is 1. The van der Waals surface area contributed by atoms with Crippen molar-refractivity contribution in [3.8, 4) is 16.9 Å². The smallest absolute Gasteiger partial charge is 0.161 e. The molecule has 0 N–H and O–H groups in total. The molecule has 0 aliphatic carbocycles. The van der Waals surface area contributed by atoms with Gasteiger partial charge in [0.25, 0.3) is 0 Å². The predicted molar refractivity (Wildman–Crippen MR) is 72.8 cm³/mol. The Kier molecular flexibility index (Phi) is 3.33. The fourth-order valence-electron chi connectivity index (χ4n) is 1.86. The minimum absolute atomic E-state index is 0.0430. The second-order valence-corrected chi connectivity index (χ2v) is 4.00. The average Bonchev–Trinajstić information content (AvgIpc) is 2.83. The van der Waals surface area contributed by atoms with Gasteiger partial charge in [-0.05, 0) is 24.6 Å². The summed E-state index contributed by atoms with van der Waals surface area (Å²) < 4.78 is 6.91. The Morgan fingerprint density at radius 3 is 2.44 bits per heavy atom. The van der Waals surface area contributed by atoms with Gasteiger partial charge in [-0.15, -0.1) is 0 Å². The van der Waals surface area contributed by atoms with E-state index in [2.05, 4.69) is 6.58 Å². The van der Waals surface area contributed by atoms with Gasteiger partial charge in [0.15, 0.2) is 5.78 Å². The number of hydrogen-bond donors (Lipinski definition) is 0. The van der Waals surface area contributed by atoms with E-state index in [0.717, 1.165) is 16.9 Å². The molecule has 2 aromatic rings. The van der Waals surface area contributed by atoms with Gasteiger partial charge in [0.05, 0.1) is 7.11 Å². The number of carbonyl (C=O) groups excluding carboxylic acids is 1. The van der Waals surface area contributed by atoms with Crippen LogP contribution in [0.4, 0.5) is 0 Å². The van der Waals surface area contributed by atoms with Crippen LogP contribution in [0.15, 0.2) is 43.2 Å². The highest BCUT2D eigenvalue weighted by molar-refractivity contribution is 6.01. The number of carbonyl (C=O) groups is 1. The van der Waals surface area contributed by atoms with E-state index in [1.165, 1.54) is 0 Å². The summed E-state index contributed by atoms with van der Waals surface area (Å²) >= 11 is 0. The zero-order valence-electron chi connectivity index (χ0n) is 10.5. The van der Waals surface area contributed by atoms with Crippen molar-refractivity contribution in [3.05, 3.63) is 48.8 Å². The molecule has 0 saturated carbocycles. The highest BCUT2D eigenvalue weighted by atomic mass is 16.5. The lowest BCUT2D eigenvalue weighted by Gasteiger charge is -2.03. The lowest BCUT2D eigenvalue weighted by Crippen LogP contribution is -1.92. The van der Waals surface area contributed by atoms with Gasteiger partial charge in [0.1, 0.15) is 5.75 Å². The zero-order valence-corrected chi connectivity index (χ0v) is 10.5. The van der Waals surface area contributed by atoms with Gasteiger partial charge in [-0.3, -0.25) is 4.79 Å². The molecule has 1 aromatic carbocycles. The van der Waals surface area contributed by atoms with Gasteiger partial charge in [0, 0.05) is 29.7 Å². The van der Waals surface area contributed by atoms with Crippen LogP contribution < -0.4 is 4.74 Å². The number of nitrogens with zero attached hydrogens (tertiary/aromatic N) is 1. The number of rotatable bonds is 4. The van der Waals surface area contributed by atoms with E-state index < -0.39 is 0 Å². The summed E-state index contributed by atoms with van der Waals surface area (Å²) in [4.78, 5) is 11.6. The topological polar surface area (TPSA) is 31.2 Å². The summed E-state index contributed by atoms with van der Waals surface area (Å²) in [6, 6.07) is 7.64. The fraction of sp³-hybridized carbons (Fsp3) is 0.133. The molecule has 1 aromatic heterocycles. The summed E-state index contributed by atoms with van der Waals surface area (Å²) in [5, 5.41) is 0. The normalized spacial score (nSPS) is 10.1. The third kappa shape index (κ3) is 2.20. The molecule has 2 rings (SSSR count). The van der Waals surface area contributed by atoms with E-state index in [9.17, 15) is 4.79 Å². The molecule has 3 nitrogen and oxygen atoms in total. The largest absolute Gasteiger partial charge is 0.497 e. The van der Waals surface area contributed by atoms with E-state index in [1.807, 2.05) is 30.5 Å². The quantitative estimate of drug-likeness (QED) is 0.767. The van der Waals surface area contributed by atoms with Crippen LogP contribution in [0.3, 0.4) is 0 Å². The first-order valence-corrected chi connectivity index (χ1v) is 5.65. The molecule has 0 fully saturated rings. The average molecular weight is 241 g/mol. The fourth-order valence-corrected chi connectivity index (χ4v) is 1.86. The van der Waals surface area contributed by atoms with Crippen LogP contribution in [0.1, 0.15) is 17.3 Å². The van der Waals surface area contributed by atoms with Gasteiger partial charge in [-0.2, -0.15) is 0 Å². The molecule has 18 heavy (non-hydrogen) atoms. The van der Waals surface area contributed by atoms with E-state index in [4.69, 9.17) is 4.74 Å². The summed E-state index contributed by atoms with van der Waals surface area (Å²) in [6.07, 6.45) is 5.35. The number of methoxy groups -OCH3 is 1. The Bertz CT molecular complexity index is 579. The van der Waals surface area contributed by atoms with Gasteiger partial charge in [-0.1, -0.05) is 18.7 Å². The maximum Gasteiger partial charge on any atom is 0.161 e. The molecular formula is C15H15NO2. The standard InChI is InChI=1S/C15H15NO2/c1-4-16-9-14(11(2)17)15(10-16)12-5-7-13(18-3)8-6-12/h4-10H,1H2,2-3H3. The lowest BCUT2D eigenvalue weighted by atomic mass is 10.0. The van der Waals surface area contributed by atoms with Crippen LogP contribution in [0, 0.1) is 0 Å². The monoisotopic (exact) mass is 241 g/mol. The molecule has 92 valence electrons. The molecule has 0 aliphatic heterocycles. The second-order valence-electron chi connectivity index (χ2n) is 4.00. The van der Waals surface area contributed by atoms with Crippen molar-refractivity contribution in [3.63, 3.8) is 0 Å². The Balaban J connectivity index is 2.51. The Morgan fingerprint density at radius 1 is 1.28 bits per heavy atom. The molecule has 0 atom stereocenters. The first kappa shape index (κ1) is 12.2. The van der Waals surface area contributed by atoms with Gasteiger partial charge >= 0.3 is 0 Å². The van der Waals surface area contributed by atoms with E-state index in [-0.39, 0.29) is 5.78 Å². The molecule has 0 saturated heterocycles. The minimum Gasteiger partial charge on any atom is -0.497 e. The minimum atomic E-state index is 0.0430. The molecule has 1 heterocycles. The first-order valence-electron chi connectivity index (χ1n) is 5.65. The van der Waals surface area contributed by atoms with Crippen LogP contribution >= 0.6 is 0 Å². The number of ketones is 1. The van der Waals surface area contributed by atoms with Crippen molar-refractivity contribution >= 4 is 12.0 Å². The maximum atomic E-state index is 11.6. The first-order chi connectivity index (χ1) is 8.65. The third-order valence-electron chi connectivity index (χ3n) is 2.84. The second kappa shape index (κ2) is 4.92. The SMILES string of the molecule is C=Cn1cc(C(C)=O)c(-c2ccc(OC)cc2)c1. The van der Waals surface area contributed by atoms with Crippen LogP contribution in [0.5, 0.6) is 5.75 Å². The maximum absolute atomic E-state index is 11.6. The van der Waals surface area contributed by atoms with Crippen LogP contribution in [0.2, 0.25) is 0 Å². The Morgan fingerprint density at radius 2 is 1.94 bits per heavy atom. The highest BCUT2D eigenvalue weighted by Crippen LogP contribution is 2.27. The number of ether oxygens (including phenoxy) is 1. The molecule has 3 heteroatoms. The zero-order chi connectivity index (χ0) is 13.1. The summed E-state index contributed by atoms with van der Waals surface area (Å²) in [5.41, 5.74) is 2.59. The third-order valence-corrected chi connectivity index (χ3v) is 2.84. The van der Waals surface area contributed by atoms with Crippen molar-refractivity contribution in [2.45, 2.75) is 6.92 Å². The van der Waals surface area contributed by atoms with Crippen molar-refractivity contribution in [2.75, 3.05) is 7.11 Å². The number of Topliss-reactive ketones (excluding diaryl/α,β-unsaturated/α-hetero) is 1. The highest BCUT2D eigenvalue weighted by Gasteiger charge is 2.12. The van der Waals surface area contributed by atoms with Crippen molar-refractivity contribution in [1.82, 2.24) is 4.57 Å². The van der Waals surface area contributed by atoms with E-state index in [1.54, 1.807) is 31.0 Å². The van der Waals surface area contributed by atoms with Crippen LogP contribution in [0.25, 0.3) is 17.3 Å². The van der Waals surface area contributed by atoms with Crippen molar-refractivity contribution in [1.29, 1.82) is 0 Å². The van der Waals surface area contributed by atoms with E-state index >= 15 is 0 Å². The molecule has 0 radical (unpaired) electrons. The summed E-state index contributed by atoms with van der Waals surface area (Å²) in [7, 11) is 1.63. The predicted octanol–water partition coefficient (Wildman–Crippen LogP) is 3.47. The molecule has 0 bridgehead atoms. The van der Waals surface area contributed by atoms with Crippen molar-refractivity contribution < 1.29 is 9.53 Å². The number of benzene rings is 1. The van der Waals surface area contributed by atoms with Crippen LogP contribution in [-0.2, 0) is 0 Å². The van der Waals surface area contributed by atoms with Gasteiger partial charge in [0.2, 0.25) is 0 Å². The summed E-state index contributed by atoms with van der Waals surface area (Å²) in [6.45, 7) is 5.26. The van der Waals surface area contributed by atoms with Gasteiger partial charge < -0.3 is 9.30 Å². The van der Waals surface area contributed by atoms with Crippen molar-refractivity contribution in [2.24, 2.45) is 0 Å². The molecule has 0 aliphatic rings. The van der Waals surface area contributed by atoms with Crippen LogP contribution in [-0.4, -0.2) is 17.5 Å². The summed E-state index contributed by atoms with van der Waals surface area (Å²) in [5.74, 6) is 0.840. The number of hydrogen-bond acceptors (Lipinski definition) is 2.